The van der Waals surface area contributed by atoms with Gasteiger partial charge in [0, 0.05) is 44.2 Å². The number of aliphatic carboxylic acids is 1. The number of carbonyl (C=O) groups is 3. The molecule has 2 atom stereocenters. The minimum absolute atomic E-state index is 0.0730. The van der Waals surface area contributed by atoms with Gasteiger partial charge in [0.25, 0.3) is 5.91 Å². The van der Waals surface area contributed by atoms with E-state index in [1.54, 1.807) is 31.5 Å². The quantitative estimate of drug-likeness (QED) is 0.893. The highest BCUT2D eigenvalue weighted by Gasteiger charge is 2.42. The third kappa shape index (κ3) is 2.93. The van der Waals surface area contributed by atoms with Crippen molar-refractivity contribution in [2.24, 2.45) is 5.92 Å². The van der Waals surface area contributed by atoms with Crippen molar-refractivity contribution in [3.8, 4) is 0 Å². The number of amides is 1. The first-order valence-electron chi connectivity index (χ1n) is 9.04. The molecule has 27 heavy (non-hydrogen) atoms. The summed E-state index contributed by atoms with van der Waals surface area (Å²) >= 11 is 0. The molecular formula is C20H20N2O5. The van der Waals surface area contributed by atoms with E-state index >= 15 is 0 Å². The molecule has 1 aliphatic carbocycles. The van der Waals surface area contributed by atoms with Gasteiger partial charge < -0.3 is 14.4 Å². The third-order valence-corrected chi connectivity index (χ3v) is 5.52. The van der Waals surface area contributed by atoms with Crippen LogP contribution in [0.4, 0.5) is 0 Å². The topological polar surface area (TPSA) is 101 Å². The number of likely N-dealkylation sites (tertiary alicyclic amines) is 1. The number of carboxylic acid groups (broad SMARTS) is 1. The van der Waals surface area contributed by atoms with Crippen LogP contribution in [0.3, 0.4) is 0 Å². The van der Waals surface area contributed by atoms with Crippen molar-refractivity contribution in [3.63, 3.8) is 0 Å². The summed E-state index contributed by atoms with van der Waals surface area (Å²) in [5, 5.41) is 9.64. The first-order valence-corrected chi connectivity index (χ1v) is 9.04. The Labute approximate surface area is 156 Å². The van der Waals surface area contributed by atoms with Crippen LogP contribution in [0, 0.1) is 12.8 Å². The molecule has 0 spiro atoms. The van der Waals surface area contributed by atoms with Gasteiger partial charge in [0.15, 0.2) is 5.78 Å². The standard InChI is InChI=1S/C20H20N2O5/c1-11-17(18-15(23)3-2-4-16(18)27-11)19(24)22-9-13(14(10-22)20(25)26)12-5-7-21-8-6-12/h5-8,13-14H,2-4,9-10H2,1H3,(H,25,26)/t13-,14+/m1/s1. The lowest BCUT2D eigenvalue weighted by molar-refractivity contribution is -0.141. The molecule has 140 valence electrons. The summed E-state index contributed by atoms with van der Waals surface area (Å²) in [5.74, 6) is -1.34. The summed E-state index contributed by atoms with van der Waals surface area (Å²) in [4.78, 5) is 42.8. The zero-order valence-corrected chi connectivity index (χ0v) is 15.0. The summed E-state index contributed by atoms with van der Waals surface area (Å²) in [6.45, 7) is 2.08. The molecule has 1 fully saturated rings. The summed E-state index contributed by atoms with van der Waals surface area (Å²) in [7, 11) is 0. The second-order valence-electron chi connectivity index (χ2n) is 7.15. The Morgan fingerprint density at radius 1 is 1.22 bits per heavy atom. The van der Waals surface area contributed by atoms with Gasteiger partial charge >= 0.3 is 5.97 Å². The number of nitrogens with zero attached hydrogens (tertiary/aromatic N) is 2. The predicted octanol–water partition coefficient (Wildman–Crippen LogP) is 2.44. The summed E-state index contributed by atoms with van der Waals surface area (Å²) in [6.07, 6.45) is 5.01. The Balaban J connectivity index is 1.67. The zero-order chi connectivity index (χ0) is 19.1. The van der Waals surface area contributed by atoms with Crippen LogP contribution in [-0.4, -0.2) is 45.7 Å². The van der Waals surface area contributed by atoms with Crippen LogP contribution in [0.1, 0.15) is 56.6 Å². The Morgan fingerprint density at radius 3 is 2.67 bits per heavy atom. The largest absolute Gasteiger partial charge is 0.481 e. The molecule has 0 bridgehead atoms. The predicted molar refractivity (Wildman–Crippen MR) is 94.7 cm³/mol. The van der Waals surface area contributed by atoms with E-state index in [2.05, 4.69) is 4.98 Å². The smallest absolute Gasteiger partial charge is 0.308 e. The second kappa shape index (κ2) is 6.64. The Kier molecular flexibility index (Phi) is 4.30. The normalized spacial score (nSPS) is 22.0. The molecule has 0 unspecified atom stereocenters. The van der Waals surface area contributed by atoms with E-state index in [4.69, 9.17) is 4.42 Å². The lowest BCUT2D eigenvalue weighted by atomic mass is 9.90. The van der Waals surface area contributed by atoms with Gasteiger partial charge in [0.1, 0.15) is 11.5 Å². The molecule has 3 heterocycles. The van der Waals surface area contributed by atoms with Gasteiger partial charge in [-0.3, -0.25) is 19.4 Å². The number of ketones is 1. The molecule has 1 amide bonds. The van der Waals surface area contributed by atoms with E-state index in [1.807, 2.05) is 0 Å². The van der Waals surface area contributed by atoms with E-state index in [-0.39, 0.29) is 30.7 Å². The fraction of sp³-hybridized carbons (Fsp3) is 0.400. The maximum Gasteiger partial charge on any atom is 0.308 e. The van der Waals surface area contributed by atoms with E-state index in [1.165, 1.54) is 4.90 Å². The molecule has 2 aliphatic rings. The van der Waals surface area contributed by atoms with Crippen LogP contribution in [-0.2, 0) is 11.2 Å². The lowest BCUT2D eigenvalue weighted by Gasteiger charge is -2.18. The molecule has 2 aromatic heterocycles. The second-order valence-corrected chi connectivity index (χ2v) is 7.15. The van der Waals surface area contributed by atoms with E-state index in [0.29, 0.717) is 35.5 Å². The average Bonchev–Trinajstić information content (AvgIpc) is 3.24. The molecular weight excluding hydrogens is 348 g/mol. The molecule has 7 nitrogen and oxygen atoms in total. The SMILES string of the molecule is Cc1oc2c(c1C(=O)N1C[C@H](C(=O)O)[C@@H](c3ccncc3)C1)C(=O)CCC2. The molecule has 0 aromatic carbocycles. The number of rotatable bonds is 3. The highest BCUT2D eigenvalue weighted by molar-refractivity contribution is 6.10. The van der Waals surface area contributed by atoms with Crippen LogP contribution in [0.25, 0.3) is 0 Å². The number of hydrogen-bond acceptors (Lipinski definition) is 5. The number of carboxylic acids is 1. The number of aromatic nitrogens is 1. The molecule has 4 rings (SSSR count). The van der Waals surface area contributed by atoms with Crippen molar-refractivity contribution >= 4 is 17.7 Å². The molecule has 1 saturated heterocycles. The number of fused-ring (bicyclic) bond motifs is 1. The molecule has 1 N–H and O–H groups in total. The molecule has 0 saturated carbocycles. The molecule has 7 heteroatoms. The number of Topliss-reactive ketones (excluding diaryl/α,β-unsaturated/α-hetero) is 1. The van der Waals surface area contributed by atoms with Crippen molar-refractivity contribution in [1.29, 1.82) is 0 Å². The Hall–Kier alpha value is -2.96. The van der Waals surface area contributed by atoms with Crippen molar-refractivity contribution in [2.45, 2.75) is 32.1 Å². The molecule has 2 aromatic rings. The summed E-state index contributed by atoms with van der Waals surface area (Å²) in [6, 6.07) is 3.56. The van der Waals surface area contributed by atoms with E-state index in [0.717, 1.165) is 12.0 Å². The van der Waals surface area contributed by atoms with Crippen molar-refractivity contribution in [3.05, 3.63) is 52.7 Å². The van der Waals surface area contributed by atoms with Crippen molar-refractivity contribution in [1.82, 2.24) is 9.88 Å². The van der Waals surface area contributed by atoms with Gasteiger partial charge in [-0.1, -0.05) is 0 Å². The summed E-state index contributed by atoms with van der Waals surface area (Å²) in [5.41, 5.74) is 1.53. The first-order chi connectivity index (χ1) is 13.0. The number of carbonyl (C=O) groups excluding carboxylic acids is 2. The third-order valence-electron chi connectivity index (χ3n) is 5.52. The highest BCUT2D eigenvalue weighted by Crippen LogP contribution is 2.36. The number of furan rings is 1. The first kappa shape index (κ1) is 17.5. The number of pyridine rings is 1. The monoisotopic (exact) mass is 368 g/mol. The van der Waals surface area contributed by atoms with Crippen molar-refractivity contribution < 1.29 is 23.9 Å². The van der Waals surface area contributed by atoms with E-state index in [9.17, 15) is 19.5 Å². The van der Waals surface area contributed by atoms with Crippen LogP contribution in [0.2, 0.25) is 0 Å². The van der Waals surface area contributed by atoms with Crippen LogP contribution >= 0.6 is 0 Å². The number of aryl methyl sites for hydroxylation is 2. The minimum Gasteiger partial charge on any atom is -0.481 e. The van der Waals surface area contributed by atoms with Crippen LogP contribution in [0.15, 0.2) is 28.9 Å². The van der Waals surface area contributed by atoms with E-state index < -0.39 is 11.9 Å². The maximum atomic E-state index is 13.2. The van der Waals surface area contributed by atoms with Gasteiger partial charge in [-0.15, -0.1) is 0 Å². The van der Waals surface area contributed by atoms with Crippen molar-refractivity contribution in [2.75, 3.05) is 13.1 Å². The van der Waals surface area contributed by atoms with Gasteiger partial charge in [-0.05, 0) is 31.0 Å². The average molecular weight is 368 g/mol. The lowest BCUT2D eigenvalue weighted by Crippen LogP contribution is -2.31. The van der Waals surface area contributed by atoms with Crippen LogP contribution in [0.5, 0.6) is 0 Å². The highest BCUT2D eigenvalue weighted by atomic mass is 16.4. The summed E-state index contributed by atoms with van der Waals surface area (Å²) < 4.78 is 5.68. The Morgan fingerprint density at radius 2 is 1.96 bits per heavy atom. The Bertz CT molecular complexity index is 918. The fourth-order valence-electron chi connectivity index (χ4n) is 4.19. The van der Waals surface area contributed by atoms with Gasteiger partial charge in [-0.2, -0.15) is 0 Å². The molecule has 1 aliphatic heterocycles. The molecule has 0 radical (unpaired) electrons. The fourth-order valence-corrected chi connectivity index (χ4v) is 4.19. The van der Waals surface area contributed by atoms with Gasteiger partial charge in [-0.25, -0.2) is 0 Å². The van der Waals surface area contributed by atoms with Crippen LogP contribution < -0.4 is 0 Å². The van der Waals surface area contributed by atoms with Gasteiger partial charge in [0.05, 0.1) is 17.0 Å². The zero-order valence-electron chi connectivity index (χ0n) is 15.0. The number of hydrogen-bond donors (Lipinski definition) is 1. The maximum absolute atomic E-state index is 13.2. The minimum atomic E-state index is -0.936. The van der Waals surface area contributed by atoms with Gasteiger partial charge in [0.2, 0.25) is 0 Å².